The molecule has 0 nitrogen and oxygen atoms in total. The van der Waals surface area contributed by atoms with Crippen LogP contribution in [0.3, 0.4) is 0 Å². The first-order valence-corrected chi connectivity index (χ1v) is 18.7. The summed E-state index contributed by atoms with van der Waals surface area (Å²) in [6.07, 6.45) is 0. The van der Waals surface area contributed by atoms with Crippen molar-refractivity contribution in [1.82, 2.24) is 0 Å². The van der Waals surface area contributed by atoms with Crippen molar-refractivity contribution in [2.75, 3.05) is 0 Å². The van der Waals surface area contributed by atoms with E-state index in [0.29, 0.717) is 27.7 Å². The highest BCUT2D eigenvalue weighted by atomic mass is 28.3. The van der Waals surface area contributed by atoms with Gasteiger partial charge in [0.05, 0.1) is 0 Å². The maximum Gasteiger partial charge on any atom is 0.150 e. The topological polar surface area (TPSA) is 0 Å². The second kappa shape index (κ2) is 11.8. The SMILES string of the molecule is CC(C)[Si](C#Cc1ccc2ccc3c4cc(C#C[Si](C(C)C)(C(C)C)C(C)C)ccc4ccc3c2c1)C(C)C. The van der Waals surface area contributed by atoms with Crippen LogP contribution in [0.25, 0.3) is 32.3 Å². The Hall–Kier alpha value is -2.79. The molecule has 0 spiro atoms. The fourth-order valence-corrected chi connectivity index (χ4v) is 14.2. The molecular weight excluding hydrogens is 501 g/mol. The lowest BCUT2D eigenvalue weighted by Gasteiger charge is -2.38. The third-order valence-electron chi connectivity index (χ3n) is 8.72. The molecule has 0 aliphatic rings. The van der Waals surface area contributed by atoms with Gasteiger partial charge >= 0.3 is 0 Å². The molecule has 0 aliphatic heterocycles. The highest BCUT2D eigenvalue weighted by molar-refractivity contribution is 6.90. The van der Waals surface area contributed by atoms with E-state index in [-0.39, 0.29) is 0 Å². The van der Waals surface area contributed by atoms with Gasteiger partial charge in [-0.15, -0.1) is 11.1 Å². The van der Waals surface area contributed by atoms with Crippen molar-refractivity contribution in [1.29, 1.82) is 0 Å². The van der Waals surface area contributed by atoms with Gasteiger partial charge in [-0.25, -0.2) is 0 Å². The zero-order chi connectivity index (χ0) is 28.5. The van der Waals surface area contributed by atoms with Crippen LogP contribution in [0.5, 0.6) is 0 Å². The Bertz CT molecular complexity index is 1580. The monoisotopic (exact) mass is 545 g/mol. The Morgan fingerprint density at radius 3 is 1.33 bits per heavy atom. The molecule has 2 heteroatoms. The van der Waals surface area contributed by atoms with Crippen molar-refractivity contribution in [3.05, 3.63) is 71.8 Å². The first-order chi connectivity index (χ1) is 18.5. The summed E-state index contributed by atoms with van der Waals surface area (Å²) in [6, 6.07) is 22.6. The molecule has 0 unspecified atom stereocenters. The zero-order valence-corrected chi connectivity index (χ0v) is 27.7. The van der Waals surface area contributed by atoms with Gasteiger partial charge in [-0.2, -0.15) is 0 Å². The second-order valence-electron chi connectivity index (χ2n) is 12.8. The third-order valence-corrected chi connectivity index (χ3v) is 17.9. The summed E-state index contributed by atoms with van der Waals surface area (Å²) in [5.74, 6) is 7.22. The highest BCUT2D eigenvalue weighted by Gasteiger charge is 2.41. The lowest BCUT2D eigenvalue weighted by atomic mass is 9.95. The minimum Gasteiger partial charge on any atom is -0.127 e. The Morgan fingerprint density at radius 1 is 0.513 bits per heavy atom. The van der Waals surface area contributed by atoms with E-state index in [1.54, 1.807) is 0 Å². The van der Waals surface area contributed by atoms with Gasteiger partial charge in [0.15, 0.2) is 8.80 Å². The summed E-state index contributed by atoms with van der Waals surface area (Å²) in [6.45, 7) is 23.6. The Labute approximate surface area is 240 Å². The predicted octanol–water partition coefficient (Wildman–Crippen LogP) is 10.9. The van der Waals surface area contributed by atoms with E-state index >= 15 is 0 Å². The smallest absolute Gasteiger partial charge is 0.127 e. The number of hydrogen-bond acceptors (Lipinski definition) is 0. The number of fused-ring (bicyclic) bond motifs is 5. The van der Waals surface area contributed by atoms with Crippen LogP contribution in [0.15, 0.2) is 60.7 Å². The minimum atomic E-state index is -1.78. The normalized spacial score (nSPS) is 12.3. The van der Waals surface area contributed by atoms with Gasteiger partial charge in [0, 0.05) is 11.1 Å². The maximum atomic E-state index is 3.91. The average Bonchev–Trinajstić information content (AvgIpc) is 2.87. The van der Waals surface area contributed by atoms with Crippen LogP contribution in [-0.4, -0.2) is 16.9 Å². The van der Waals surface area contributed by atoms with Gasteiger partial charge in [0.2, 0.25) is 0 Å². The molecule has 0 N–H and O–H groups in total. The maximum absolute atomic E-state index is 3.91. The quantitative estimate of drug-likeness (QED) is 0.133. The molecule has 201 valence electrons. The van der Waals surface area contributed by atoms with Crippen molar-refractivity contribution in [3.8, 4) is 22.9 Å². The van der Waals surface area contributed by atoms with Crippen LogP contribution < -0.4 is 0 Å². The third kappa shape index (κ3) is 5.75. The average molecular weight is 546 g/mol. The predicted molar refractivity (Wildman–Crippen MR) is 180 cm³/mol. The van der Waals surface area contributed by atoms with E-state index in [2.05, 4.69) is 153 Å². The van der Waals surface area contributed by atoms with Crippen molar-refractivity contribution in [2.24, 2.45) is 0 Å². The number of benzene rings is 4. The molecule has 4 rings (SSSR count). The second-order valence-corrected chi connectivity index (χ2v) is 21.8. The van der Waals surface area contributed by atoms with E-state index < -0.39 is 16.9 Å². The van der Waals surface area contributed by atoms with E-state index in [0.717, 1.165) is 11.1 Å². The Balaban J connectivity index is 1.85. The molecule has 0 bridgehead atoms. The summed E-state index contributed by atoms with van der Waals surface area (Å²) in [5.41, 5.74) is 13.0. The summed E-state index contributed by atoms with van der Waals surface area (Å²) < 4.78 is 0. The van der Waals surface area contributed by atoms with Crippen LogP contribution in [-0.2, 0) is 0 Å². The first kappa shape index (κ1) is 29.2. The molecule has 4 aromatic carbocycles. The lowest BCUT2D eigenvalue weighted by molar-refractivity contribution is 0.838. The van der Waals surface area contributed by atoms with Gasteiger partial charge in [0.1, 0.15) is 8.07 Å². The molecule has 0 amide bonds. The van der Waals surface area contributed by atoms with E-state index in [9.17, 15) is 0 Å². The van der Waals surface area contributed by atoms with E-state index in [4.69, 9.17) is 0 Å². The number of rotatable bonds is 5. The summed E-state index contributed by atoms with van der Waals surface area (Å²) >= 11 is 0. The fourth-order valence-electron chi connectivity index (χ4n) is 6.73. The van der Waals surface area contributed by atoms with Gasteiger partial charge in [0.25, 0.3) is 0 Å². The lowest BCUT2D eigenvalue weighted by Crippen LogP contribution is -2.43. The van der Waals surface area contributed by atoms with Crippen LogP contribution in [0, 0.1) is 22.9 Å². The van der Waals surface area contributed by atoms with Crippen LogP contribution in [0.4, 0.5) is 0 Å². The molecule has 39 heavy (non-hydrogen) atoms. The van der Waals surface area contributed by atoms with Gasteiger partial charge in [-0.1, -0.05) is 117 Å². The van der Waals surface area contributed by atoms with Crippen LogP contribution >= 0.6 is 0 Å². The van der Waals surface area contributed by atoms with Gasteiger partial charge in [-0.05, 0) is 84.3 Å². The van der Waals surface area contributed by atoms with Crippen LogP contribution in [0.2, 0.25) is 27.7 Å². The van der Waals surface area contributed by atoms with Crippen molar-refractivity contribution >= 4 is 49.2 Å². The van der Waals surface area contributed by atoms with Gasteiger partial charge in [-0.3, -0.25) is 0 Å². The molecule has 0 saturated carbocycles. The van der Waals surface area contributed by atoms with E-state index in [1.165, 1.54) is 32.3 Å². The fraction of sp³-hybridized carbons (Fsp3) is 0.405. The highest BCUT2D eigenvalue weighted by Crippen LogP contribution is 2.41. The molecule has 0 aromatic heterocycles. The van der Waals surface area contributed by atoms with Crippen molar-refractivity contribution in [3.63, 3.8) is 0 Å². The molecular formula is C37H45Si2. The Morgan fingerprint density at radius 2 is 0.923 bits per heavy atom. The Kier molecular flexibility index (Phi) is 8.80. The molecule has 0 aliphatic carbocycles. The van der Waals surface area contributed by atoms with Crippen molar-refractivity contribution < 1.29 is 0 Å². The molecule has 0 atom stereocenters. The molecule has 0 saturated heterocycles. The summed E-state index contributed by atoms with van der Waals surface area (Å²) in [7, 11) is -2.48. The van der Waals surface area contributed by atoms with Crippen LogP contribution in [0.1, 0.15) is 80.4 Å². The zero-order valence-electron chi connectivity index (χ0n) is 25.7. The summed E-state index contributed by atoms with van der Waals surface area (Å²) in [4.78, 5) is 0. The minimum absolute atomic E-state index is 0.633. The van der Waals surface area contributed by atoms with Gasteiger partial charge < -0.3 is 0 Å². The van der Waals surface area contributed by atoms with Crippen molar-refractivity contribution in [2.45, 2.75) is 96.9 Å². The molecule has 1 radical (unpaired) electrons. The largest absolute Gasteiger partial charge is 0.150 e. The first-order valence-electron chi connectivity index (χ1n) is 14.8. The van der Waals surface area contributed by atoms with E-state index in [1.807, 2.05) is 0 Å². The summed E-state index contributed by atoms with van der Waals surface area (Å²) in [5, 5.41) is 7.69. The molecule has 4 aromatic rings. The standard InChI is InChI=1S/C37H45Si2/c1-25(2)38(26(3)4)21-19-30-11-13-32-15-18-35-34(36(32)23-30)17-16-33-14-12-31(24-37(33)35)20-22-39(27(5)6,28(7)8)29(9)10/h11-18,23-29H,1-10H3. The molecule has 0 heterocycles. The molecule has 0 fully saturated rings. The number of hydrogen-bond donors (Lipinski definition) is 0.